The second-order valence-electron chi connectivity index (χ2n) is 9.79. The van der Waals surface area contributed by atoms with Crippen molar-refractivity contribution in [3.8, 4) is 0 Å². The molecule has 5 atom stereocenters. The second kappa shape index (κ2) is 19.6. The summed E-state index contributed by atoms with van der Waals surface area (Å²) in [4.78, 5) is 10.5. The Morgan fingerprint density at radius 3 is 1.76 bits per heavy atom. The van der Waals surface area contributed by atoms with Crippen molar-refractivity contribution in [2.75, 3.05) is 6.61 Å². The Morgan fingerprint density at radius 2 is 1.27 bits per heavy atom. The first-order valence-electron chi connectivity index (χ1n) is 13.4. The summed E-state index contributed by atoms with van der Waals surface area (Å²) < 4.78 is 11.2. The summed E-state index contributed by atoms with van der Waals surface area (Å²) in [6.07, 6.45) is 16.1. The first kappa shape index (κ1) is 30.3. The number of hydrogen-bond acceptors (Lipinski definition) is 6. The summed E-state index contributed by atoms with van der Waals surface area (Å²) in [5, 5.41) is 37.7. The van der Waals surface area contributed by atoms with Gasteiger partial charge in [0.05, 0.1) is 24.7 Å². The molecule has 4 N–H and O–H groups in total. The van der Waals surface area contributed by atoms with Crippen molar-refractivity contribution in [2.24, 2.45) is 0 Å². The molecule has 0 aromatic rings. The van der Waals surface area contributed by atoms with Crippen LogP contribution in [-0.4, -0.2) is 63.7 Å². The zero-order chi connectivity index (χ0) is 24.3. The Kier molecular flexibility index (Phi) is 18.0. The monoisotopic (exact) mass is 474 g/mol. The van der Waals surface area contributed by atoms with Crippen LogP contribution in [0.25, 0.3) is 0 Å². The molecule has 0 aliphatic carbocycles. The Labute approximate surface area is 200 Å². The number of aliphatic carboxylic acids is 1. The van der Waals surface area contributed by atoms with Crippen LogP contribution in [0.4, 0.5) is 0 Å². The molecular formula is C26H50O7. The lowest BCUT2D eigenvalue weighted by Crippen LogP contribution is -2.47. The molecule has 0 aromatic heterocycles. The quantitative estimate of drug-likeness (QED) is 0.174. The number of aliphatic hydroxyl groups excluding tert-OH is 3. The summed E-state index contributed by atoms with van der Waals surface area (Å²) in [5.74, 6) is -0.922. The van der Waals surface area contributed by atoms with E-state index in [2.05, 4.69) is 0 Å². The molecule has 7 nitrogen and oxygen atoms in total. The average molecular weight is 475 g/mol. The highest BCUT2D eigenvalue weighted by molar-refractivity contribution is 5.67. The van der Waals surface area contributed by atoms with Gasteiger partial charge in [-0.25, -0.2) is 0 Å². The van der Waals surface area contributed by atoms with Crippen molar-refractivity contribution in [1.82, 2.24) is 0 Å². The van der Waals surface area contributed by atoms with Crippen LogP contribution in [0.5, 0.6) is 0 Å². The summed E-state index contributed by atoms with van der Waals surface area (Å²) in [6.45, 7) is 2.40. The number of carbonyl (C=O) groups is 1. The molecule has 7 heteroatoms. The Hall–Kier alpha value is -0.730. The van der Waals surface area contributed by atoms with Gasteiger partial charge in [-0.1, -0.05) is 89.9 Å². The van der Waals surface area contributed by atoms with Gasteiger partial charge in [0.25, 0.3) is 0 Å². The average Bonchev–Trinajstić information content (AvgIpc) is 2.75. The van der Waals surface area contributed by atoms with E-state index < -0.39 is 30.6 Å². The molecule has 1 fully saturated rings. The van der Waals surface area contributed by atoms with Gasteiger partial charge in [0, 0.05) is 13.0 Å². The zero-order valence-electron chi connectivity index (χ0n) is 20.8. The predicted molar refractivity (Wildman–Crippen MR) is 129 cm³/mol. The molecular weight excluding hydrogens is 424 g/mol. The van der Waals surface area contributed by atoms with Crippen LogP contribution >= 0.6 is 0 Å². The highest BCUT2D eigenvalue weighted by Gasteiger charge is 2.34. The Bertz CT molecular complexity index is 474. The van der Waals surface area contributed by atoms with E-state index in [4.69, 9.17) is 14.6 Å². The zero-order valence-corrected chi connectivity index (χ0v) is 20.8. The molecule has 1 aliphatic heterocycles. The van der Waals surface area contributed by atoms with Crippen molar-refractivity contribution >= 4 is 5.97 Å². The minimum atomic E-state index is -0.922. The molecule has 1 aliphatic rings. The van der Waals surface area contributed by atoms with Crippen LogP contribution in [0, 0.1) is 0 Å². The maximum atomic E-state index is 10.5. The van der Waals surface area contributed by atoms with E-state index in [1.54, 1.807) is 6.92 Å². The van der Waals surface area contributed by atoms with Gasteiger partial charge < -0.3 is 29.9 Å². The molecule has 0 amide bonds. The van der Waals surface area contributed by atoms with Gasteiger partial charge in [-0.2, -0.15) is 0 Å². The van der Waals surface area contributed by atoms with Crippen molar-refractivity contribution < 1.29 is 34.7 Å². The maximum absolute atomic E-state index is 10.5. The number of hydrogen-bond donors (Lipinski definition) is 4. The van der Waals surface area contributed by atoms with Crippen LogP contribution in [-0.2, 0) is 14.3 Å². The summed E-state index contributed by atoms with van der Waals surface area (Å²) in [5.41, 5.74) is 0. The number of unbranched alkanes of at least 4 members (excludes halogenated alkanes) is 14. The lowest BCUT2D eigenvalue weighted by molar-refractivity contribution is -0.261. The molecule has 0 saturated carbocycles. The molecule has 1 saturated heterocycles. The van der Waals surface area contributed by atoms with E-state index in [1.807, 2.05) is 0 Å². The molecule has 0 radical (unpaired) electrons. The SMILES string of the molecule is C[C@@H]1O[C@@H](OCCCCCCCCCCCCCCCCC[C@@H](O)CC(=O)O)[C@H](O)C[C@H]1O. The number of ether oxygens (including phenoxy) is 2. The first-order valence-corrected chi connectivity index (χ1v) is 13.4. The van der Waals surface area contributed by atoms with Crippen molar-refractivity contribution in [3.05, 3.63) is 0 Å². The van der Waals surface area contributed by atoms with Crippen LogP contribution < -0.4 is 0 Å². The van der Waals surface area contributed by atoms with Gasteiger partial charge in [-0.05, 0) is 19.8 Å². The normalized spacial score (nSPS) is 24.1. The Balaban J connectivity index is 1.75. The smallest absolute Gasteiger partial charge is 0.305 e. The fourth-order valence-corrected chi connectivity index (χ4v) is 4.38. The highest BCUT2D eigenvalue weighted by atomic mass is 16.7. The van der Waals surface area contributed by atoms with Gasteiger partial charge in [0.1, 0.15) is 6.10 Å². The molecule has 0 bridgehead atoms. The van der Waals surface area contributed by atoms with Gasteiger partial charge in [-0.15, -0.1) is 0 Å². The number of carboxylic acids is 1. The third-order valence-electron chi connectivity index (χ3n) is 6.56. The minimum Gasteiger partial charge on any atom is -0.481 e. The first-order chi connectivity index (χ1) is 15.9. The predicted octanol–water partition coefficient (Wildman–Crippen LogP) is 4.94. The maximum Gasteiger partial charge on any atom is 0.305 e. The van der Waals surface area contributed by atoms with Crippen LogP contribution in [0.15, 0.2) is 0 Å². The van der Waals surface area contributed by atoms with E-state index in [0.717, 1.165) is 25.7 Å². The fourth-order valence-electron chi connectivity index (χ4n) is 4.38. The van der Waals surface area contributed by atoms with E-state index in [1.165, 1.54) is 70.6 Å². The van der Waals surface area contributed by atoms with Gasteiger partial charge >= 0.3 is 5.97 Å². The lowest BCUT2D eigenvalue weighted by Gasteiger charge is -2.35. The van der Waals surface area contributed by atoms with Crippen LogP contribution in [0.3, 0.4) is 0 Å². The highest BCUT2D eigenvalue weighted by Crippen LogP contribution is 2.21. The van der Waals surface area contributed by atoms with Gasteiger partial charge in [0.15, 0.2) is 6.29 Å². The third kappa shape index (κ3) is 16.5. The van der Waals surface area contributed by atoms with Crippen molar-refractivity contribution in [2.45, 2.75) is 153 Å². The van der Waals surface area contributed by atoms with Gasteiger partial charge in [0.2, 0.25) is 0 Å². The van der Waals surface area contributed by atoms with E-state index >= 15 is 0 Å². The second-order valence-corrected chi connectivity index (χ2v) is 9.79. The fraction of sp³-hybridized carbons (Fsp3) is 0.962. The summed E-state index contributed by atoms with van der Waals surface area (Å²) >= 11 is 0. The minimum absolute atomic E-state index is 0.135. The van der Waals surface area contributed by atoms with Crippen molar-refractivity contribution in [3.63, 3.8) is 0 Å². The van der Waals surface area contributed by atoms with E-state index in [9.17, 15) is 20.1 Å². The standard InChI is InChI=1S/C26H50O7/c1-21-23(28)20-24(29)26(33-21)32-18-16-14-12-10-8-6-4-2-3-5-7-9-11-13-15-17-22(27)19-25(30)31/h21-24,26-29H,2-20H2,1H3,(H,30,31)/t21-,22+,23+,24+,26+/m0/s1. The van der Waals surface area contributed by atoms with Crippen molar-refractivity contribution in [1.29, 1.82) is 0 Å². The molecule has 1 rings (SSSR count). The molecule has 0 unspecified atom stereocenters. The van der Waals surface area contributed by atoms with E-state index in [0.29, 0.717) is 19.4 Å². The van der Waals surface area contributed by atoms with Gasteiger partial charge in [-0.3, -0.25) is 4.79 Å². The Morgan fingerprint density at radius 1 is 0.818 bits per heavy atom. The van der Waals surface area contributed by atoms with Crippen LogP contribution in [0.1, 0.15) is 122 Å². The molecule has 33 heavy (non-hydrogen) atoms. The molecule has 1 heterocycles. The molecule has 196 valence electrons. The third-order valence-corrected chi connectivity index (χ3v) is 6.56. The number of aliphatic hydroxyl groups is 3. The topological polar surface area (TPSA) is 116 Å². The largest absolute Gasteiger partial charge is 0.481 e. The summed E-state index contributed by atoms with van der Waals surface area (Å²) in [7, 11) is 0. The molecule has 0 spiro atoms. The van der Waals surface area contributed by atoms with E-state index in [-0.39, 0.29) is 12.5 Å². The summed E-state index contributed by atoms with van der Waals surface area (Å²) in [6, 6.07) is 0. The molecule has 0 aromatic carbocycles. The van der Waals surface area contributed by atoms with Crippen LogP contribution in [0.2, 0.25) is 0 Å². The lowest BCUT2D eigenvalue weighted by atomic mass is 10.0. The number of rotatable bonds is 21. The number of carboxylic acid groups (broad SMARTS) is 1.